The van der Waals surface area contributed by atoms with Crippen molar-refractivity contribution < 1.29 is 4.74 Å². The van der Waals surface area contributed by atoms with Crippen molar-refractivity contribution in [2.45, 2.75) is 50.0 Å². The van der Waals surface area contributed by atoms with Gasteiger partial charge in [-0.3, -0.25) is 0 Å². The fourth-order valence-corrected chi connectivity index (χ4v) is 2.49. The van der Waals surface area contributed by atoms with E-state index in [2.05, 4.69) is 34.3 Å². The Kier molecular flexibility index (Phi) is 6.05. The summed E-state index contributed by atoms with van der Waals surface area (Å²) in [5.41, 5.74) is 0.898. The number of halogens is 1. The number of rotatable bonds is 2. The molecule has 2 heteroatoms. The van der Waals surface area contributed by atoms with Gasteiger partial charge in [0.1, 0.15) is 6.61 Å². The molecule has 0 aromatic carbocycles. The van der Waals surface area contributed by atoms with Crippen LogP contribution in [0, 0.1) is 11.8 Å². The lowest BCUT2D eigenvalue weighted by Gasteiger charge is -2.18. The van der Waals surface area contributed by atoms with E-state index in [9.17, 15) is 0 Å². The van der Waals surface area contributed by atoms with E-state index in [1.165, 1.54) is 25.7 Å². The van der Waals surface area contributed by atoms with Gasteiger partial charge in [-0.25, -0.2) is 0 Å². The monoisotopic (exact) mass is 270 g/mol. The van der Waals surface area contributed by atoms with Crippen LogP contribution in [0.5, 0.6) is 0 Å². The van der Waals surface area contributed by atoms with Crippen molar-refractivity contribution in [3.8, 4) is 11.8 Å². The fraction of sp³-hybridized carbons (Fsp3) is 0.692. The molecule has 2 atom stereocenters. The van der Waals surface area contributed by atoms with Gasteiger partial charge in [0.2, 0.25) is 0 Å². The summed E-state index contributed by atoms with van der Waals surface area (Å²) in [4.78, 5) is 0.506. The summed E-state index contributed by atoms with van der Waals surface area (Å²) in [6, 6.07) is 0. The molecule has 0 radical (unpaired) electrons. The van der Waals surface area contributed by atoms with Crippen molar-refractivity contribution in [3.05, 3.63) is 12.2 Å². The number of hydrogen-bond donors (Lipinski definition) is 0. The predicted octanol–water partition coefficient (Wildman–Crippen LogP) is 3.68. The molecule has 1 nitrogen and oxygen atoms in total. The van der Waals surface area contributed by atoms with Crippen LogP contribution in [0.4, 0.5) is 0 Å². The average molecular weight is 271 g/mol. The first kappa shape index (κ1) is 12.8. The Morgan fingerprint density at radius 3 is 2.87 bits per heavy atom. The van der Waals surface area contributed by atoms with Crippen LogP contribution in [0.2, 0.25) is 0 Å². The van der Waals surface area contributed by atoms with Crippen molar-refractivity contribution in [2.24, 2.45) is 0 Å². The molecule has 0 heterocycles. The molecule has 0 amide bonds. The first-order chi connectivity index (χ1) is 7.20. The summed E-state index contributed by atoms with van der Waals surface area (Å²) in [6.07, 6.45) is 6.64. The highest BCUT2D eigenvalue weighted by Gasteiger charge is 2.21. The Morgan fingerprint density at radius 1 is 1.40 bits per heavy atom. The minimum Gasteiger partial charge on any atom is -0.364 e. The van der Waals surface area contributed by atoms with Crippen molar-refractivity contribution in [2.75, 3.05) is 6.61 Å². The molecule has 0 saturated heterocycles. The number of ether oxygens (including phenoxy) is 1. The van der Waals surface area contributed by atoms with Crippen molar-refractivity contribution >= 4 is 15.9 Å². The molecular formula is C13H19BrO. The zero-order chi connectivity index (χ0) is 11.1. The van der Waals surface area contributed by atoms with E-state index in [-0.39, 0.29) is 0 Å². The van der Waals surface area contributed by atoms with Gasteiger partial charge in [-0.1, -0.05) is 53.6 Å². The van der Waals surface area contributed by atoms with Crippen LogP contribution < -0.4 is 0 Å². The smallest absolute Gasteiger partial charge is 0.108 e. The van der Waals surface area contributed by atoms with Crippen LogP contribution in [-0.4, -0.2) is 17.5 Å². The summed E-state index contributed by atoms with van der Waals surface area (Å²) in [5.74, 6) is 5.91. The topological polar surface area (TPSA) is 9.23 Å². The lowest BCUT2D eigenvalue weighted by molar-refractivity contribution is 0.0723. The summed E-state index contributed by atoms with van der Waals surface area (Å²) in [7, 11) is 0. The first-order valence-corrected chi connectivity index (χ1v) is 6.52. The van der Waals surface area contributed by atoms with Gasteiger partial charge in [-0.05, 0) is 25.3 Å². The highest BCUT2D eigenvalue weighted by Crippen LogP contribution is 2.25. The van der Waals surface area contributed by atoms with E-state index in [4.69, 9.17) is 4.74 Å². The predicted molar refractivity (Wildman–Crippen MR) is 68.1 cm³/mol. The summed E-state index contributed by atoms with van der Waals surface area (Å²) < 4.78 is 5.76. The number of hydrogen-bond acceptors (Lipinski definition) is 1. The van der Waals surface area contributed by atoms with Crippen LogP contribution in [0.15, 0.2) is 12.2 Å². The van der Waals surface area contributed by atoms with E-state index in [0.29, 0.717) is 17.5 Å². The van der Waals surface area contributed by atoms with Crippen LogP contribution in [0.25, 0.3) is 0 Å². The van der Waals surface area contributed by atoms with Crippen molar-refractivity contribution in [3.63, 3.8) is 0 Å². The fourth-order valence-electron chi connectivity index (χ4n) is 1.75. The summed E-state index contributed by atoms with van der Waals surface area (Å²) >= 11 is 3.69. The number of alkyl halides is 1. The molecule has 84 valence electrons. The van der Waals surface area contributed by atoms with Gasteiger partial charge in [-0.15, -0.1) is 0 Å². The molecule has 1 aliphatic carbocycles. The van der Waals surface area contributed by atoms with Gasteiger partial charge in [0.15, 0.2) is 0 Å². The highest BCUT2D eigenvalue weighted by molar-refractivity contribution is 9.09. The third kappa shape index (κ3) is 5.39. The summed E-state index contributed by atoms with van der Waals surface area (Å²) in [5, 5.41) is 0. The molecule has 0 spiro atoms. The minimum absolute atomic E-state index is 0.340. The second kappa shape index (κ2) is 7.09. The van der Waals surface area contributed by atoms with E-state index in [1.807, 2.05) is 6.92 Å². The SMILES string of the molecule is C=C(C)C#CCO[C@H]1CCCCC[C@@H]1Br. The molecule has 0 aromatic rings. The Balaban J connectivity index is 2.30. The van der Waals surface area contributed by atoms with Gasteiger partial charge >= 0.3 is 0 Å². The van der Waals surface area contributed by atoms with Gasteiger partial charge in [0.05, 0.1) is 6.10 Å². The molecule has 0 bridgehead atoms. The quantitative estimate of drug-likeness (QED) is 0.423. The Bertz CT molecular complexity index is 261. The maximum atomic E-state index is 5.76. The van der Waals surface area contributed by atoms with Gasteiger partial charge < -0.3 is 4.74 Å². The molecular weight excluding hydrogens is 252 g/mol. The minimum atomic E-state index is 0.340. The van der Waals surface area contributed by atoms with Gasteiger partial charge in [0.25, 0.3) is 0 Å². The van der Waals surface area contributed by atoms with E-state index >= 15 is 0 Å². The van der Waals surface area contributed by atoms with E-state index < -0.39 is 0 Å². The molecule has 0 aromatic heterocycles. The van der Waals surface area contributed by atoms with Crippen molar-refractivity contribution in [1.29, 1.82) is 0 Å². The molecule has 0 aliphatic heterocycles. The molecule has 1 saturated carbocycles. The zero-order valence-corrected chi connectivity index (χ0v) is 11.0. The molecule has 0 N–H and O–H groups in total. The third-order valence-electron chi connectivity index (χ3n) is 2.54. The standard InChI is InChI=1S/C13H19BrO/c1-11(2)7-6-10-15-13-9-5-3-4-8-12(13)14/h12-13H,1,3-5,8-10H2,2H3/t12-,13-/m0/s1. The van der Waals surface area contributed by atoms with Crippen LogP contribution >= 0.6 is 15.9 Å². The largest absolute Gasteiger partial charge is 0.364 e. The molecule has 15 heavy (non-hydrogen) atoms. The normalized spacial score (nSPS) is 26.3. The van der Waals surface area contributed by atoms with Crippen LogP contribution in [-0.2, 0) is 4.74 Å². The van der Waals surface area contributed by atoms with Gasteiger partial charge in [-0.2, -0.15) is 0 Å². The van der Waals surface area contributed by atoms with E-state index in [1.54, 1.807) is 0 Å². The summed E-state index contributed by atoms with van der Waals surface area (Å²) in [6.45, 7) is 6.17. The lowest BCUT2D eigenvalue weighted by Crippen LogP contribution is -2.23. The second-order valence-electron chi connectivity index (χ2n) is 4.09. The average Bonchev–Trinajstić information content (AvgIpc) is 2.38. The maximum absolute atomic E-state index is 5.76. The number of allylic oxidation sites excluding steroid dienone is 1. The van der Waals surface area contributed by atoms with Crippen molar-refractivity contribution in [1.82, 2.24) is 0 Å². The Labute approximate surface area is 101 Å². The molecule has 0 unspecified atom stereocenters. The van der Waals surface area contributed by atoms with Crippen LogP contribution in [0.1, 0.15) is 39.0 Å². The maximum Gasteiger partial charge on any atom is 0.108 e. The van der Waals surface area contributed by atoms with E-state index in [0.717, 1.165) is 12.0 Å². The molecule has 1 aliphatic rings. The highest BCUT2D eigenvalue weighted by atomic mass is 79.9. The second-order valence-corrected chi connectivity index (χ2v) is 5.26. The van der Waals surface area contributed by atoms with Gasteiger partial charge in [0, 0.05) is 4.83 Å². The molecule has 1 rings (SSSR count). The Hall–Kier alpha value is -0.260. The Morgan fingerprint density at radius 2 is 2.13 bits per heavy atom. The lowest BCUT2D eigenvalue weighted by atomic mass is 10.1. The zero-order valence-electron chi connectivity index (χ0n) is 9.39. The van der Waals surface area contributed by atoms with Crippen LogP contribution in [0.3, 0.4) is 0 Å². The molecule has 1 fully saturated rings. The first-order valence-electron chi connectivity index (χ1n) is 5.60. The third-order valence-corrected chi connectivity index (χ3v) is 3.59.